The van der Waals surface area contributed by atoms with Crippen molar-refractivity contribution in [3.63, 3.8) is 0 Å². The van der Waals surface area contributed by atoms with Crippen LogP contribution in [-0.2, 0) is 11.3 Å². The minimum atomic E-state index is -0.177. The largest absolute Gasteiger partial charge is 1.00 e. The van der Waals surface area contributed by atoms with Gasteiger partial charge >= 0.3 is 5.97 Å². The van der Waals surface area contributed by atoms with E-state index in [0.29, 0.717) is 12.2 Å². The average Bonchev–Trinajstić information content (AvgIpc) is 2.83. The van der Waals surface area contributed by atoms with Gasteiger partial charge in [-0.1, -0.05) is 123 Å². The van der Waals surface area contributed by atoms with Crippen LogP contribution in [0.3, 0.4) is 0 Å². The lowest BCUT2D eigenvalue weighted by Gasteiger charge is -2.05. The summed E-state index contributed by atoms with van der Waals surface area (Å²) < 4.78 is 7.65. The van der Waals surface area contributed by atoms with E-state index in [0.717, 1.165) is 19.4 Å². The highest BCUT2D eigenvalue weighted by Crippen LogP contribution is 2.12. The summed E-state index contributed by atoms with van der Waals surface area (Å²) in [5.41, 5.74) is 0.677. The molecule has 0 saturated heterocycles. The molecule has 0 saturated carbocycles. The lowest BCUT2D eigenvalue weighted by Crippen LogP contribution is -3.00. The highest BCUT2D eigenvalue weighted by Gasteiger charge is 2.11. The summed E-state index contributed by atoms with van der Waals surface area (Å²) in [5, 5.41) is 0. The minimum absolute atomic E-state index is 0. The van der Waals surface area contributed by atoms with Gasteiger partial charge in [-0.2, -0.15) is 0 Å². The first-order chi connectivity index (χ1) is 16.3. The first-order valence-electron chi connectivity index (χ1n) is 14.4. The Labute approximate surface area is 222 Å². The molecule has 1 aromatic rings. The van der Waals surface area contributed by atoms with E-state index in [4.69, 9.17) is 4.74 Å². The fourth-order valence-electron chi connectivity index (χ4n) is 4.40. The van der Waals surface area contributed by atoms with Gasteiger partial charge in [-0.3, -0.25) is 0 Å². The highest BCUT2D eigenvalue weighted by atomic mass is 79.9. The number of rotatable bonds is 23. The molecule has 0 N–H and O–H groups in total. The minimum Gasteiger partial charge on any atom is -1.00 e. The predicted octanol–water partition coefficient (Wildman–Crippen LogP) is 5.98. The lowest BCUT2D eigenvalue weighted by atomic mass is 10.1. The Hall–Kier alpha value is -0.900. The monoisotopic (exact) mass is 539 g/mol. The standard InChI is InChI=1S/C30H54NO2.BrH/c1-3-5-7-9-11-13-15-17-19-21-25-31-26-23-24-29(28-31)30(32)33-27-22-20-18-16-14-12-10-8-6-4-2;/h23-24,26,28H,3-22,25,27H2,1-2H3;1H/q+1;/p-1. The highest BCUT2D eigenvalue weighted by molar-refractivity contribution is 5.88. The number of aromatic nitrogens is 1. The number of unbranched alkanes of at least 4 members (excludes halogenated alkanes) is 18. The van der Waals surface area contributed by atoms with Gasteiger partial charge in [-0.05, 0) is 18.9 Å². The molecular weight excluding hydrogens is 486 g/mol. The van der Waals surface area contributed by atoms with Crippen molar-refractivity contribution < 1.29 is 31.1 Å². The van der Waals surface area contributed by atoms with E-state index < -0.39 is 0 Å². The Kier molecular flexibility index (Phi) is 24.5. The van der Waals surface area contributed by atoms with Crippen LogP contribution in [0.1, 0.15) is 153 Å². The molecule has 34 heavy (non-hydrogen) atoms. The number of halogens is 1. The molecule has 0 aliphatic rings. The normalized spacial score (nSPS) is 10.8. The van der Waals surface area contributed by atoms with E-state index in [1.54, 1.807) is 0 Å². The van der Waals surface area contributed by atoms with E-state index >= 15 is 0 Å². The van der Waals surface area contributed by atoms with Gasteiger partial charge < -0.3 is 21.7 Å². The van der Waals surface area contributed by atoms with E-state index in [1.807, 2.05) is 18.3 Å². The number of hydrogen-bond acceptors (Lipinski definition) is 2. The number of pyridine rings is 1. The van der Waals surface area contributed by atoms with Gasteiger partial charge in [-0.15, -0.1) is 0 Å². The molecule has 0 aromatic carbocycles. The van der Waals surface area contributed by atoms with Gasteiger partial charge in [0.1, 0.15) is 12.1 Å². The molecule has 0 aliphatic heterocycles. The zero-order valence-corrected chi connectivity index (χ0v) is 24.1. The summed E-state index contributed by atoms with van der Waals surface area (Å²) >= 11 is 0. The summed E-state index contributed by atoms with van der Waals surface area (Å²) in [6.45, 7) is 6.07. The Morgan fingerprint density at radius 1 is 0.676 bits per heavy atom. The predicted molar refractivity (Wildman–Crippen MR) is 141 cm³/mol. The number of carbonyl (C=O) groups excluding carboxylic acids is 1. The maximum Gasteiger partial charge on any atom is 0.344 e. The van der Waals surface area contributed by atoms with Crippen LogP contribution in [-0.4, -0.2) is 12.6 Å². The first-order valence-corrected chi connectivity index (χ1v) is 14.4. The molecule has 1 aromatic heterocycles. The fraction of sp³-hybridized carbons (Fsp3) is 0.800. The van der Waals surface area contributed by atoms with E-state index in [-0.39, 0.29) is 23.0 Å². The van der Waals surface area contributed by atoms with Crippen LogP contribution in [0.5, 0.6) is 0 Å². The lowest BCUT2D eigenvalue weighted by molar-refractivity contribution is -0.697. The molecule has 4 heteroatoms. The molecule has 3 nitrogen and oxygen atoms in total. The molecule has 198 valence electrons. The number of carbonyl (C=O) groups is 1. The van der Waals surface area contributed by atoms with Crippen LogP contribution >= 0.6 is 0 Å². The van der Waals surface area contributed by atoms with Crippen molar-refractivity contribution in [2.45, 2.75) is 149 Å². The molecule has 0 unspecified atom stereocenters. The van der Waals surface area contributed by atoms with Crippen molar-refractivity contribution in [2.24, 2.45) is 0 Å². The molecule has 0 atom stereocenters. The van der Waals surface area contributed by atoms with Crippen molar-refractivity contribution in [1.82, 2.24) is 0 Å². The van der Waals surface area contributed by atoms with Crippen LogP contribution in [0, 0.1) is 0 Å². The molecule has 1 rings (SSSR count). The van der Waals surface area contributed by atoms with Crippen molar-refractivity contribution in [1.29, 1.82) is 0 Å². The molecule has 0 amide bonds. The Morgan fingerprint density at radius 2 is 1.12 bits per heavy atom. The van der Waals surface area contributed by atoms with Crippen LogP contribution < -0.4 is 21.5 Å². The molecule has 1 heterocycles. The van der Waals surface area contributed by atoms with Gasteiger partial charge in [0.15, 0.2) is 12.4 Å². The van der Waals surface area contributed by atoms with Crippen LogP contribution in [0.15, 0.2) is 24.5 Å². The van der Waals surface area contributed by atoms with Gasteiger partial charge in [0, 0.05) is 12.5 Å². The summed E-state index contributed by atoms with van der Waals surface area (Å²) in [7, 11) is 0. The third-order valence-electron chi connectivity index (χ3n) is 6.59. The summed E-state index contributed by atoms with van der Waals surface area (Å²) in [6, 6.07) is 3.84. The second kappa shape index (κ2) is 25.2. The van der Waals surface area contributed by atoms with E-state index in [2.05, 4.69) is 24.6 Å². The zero-order chi connectivity index (χ0) is 23.8. The van der Waals surface area contributed by atoms with Gasteiger partial charge in [0.25, 0.3) is 0 Å². The smallest absolute Gasteiger partial charge is 0.344 e. The van der Waals surface area contributed by atoms with Crippen molar-refractivity contribution >= 4 is 5.97 Å². The Balaban J connectivity index is 0.0000109. The van der Waals surface area contributed by atoms with Crippen LogP contribution in [0.25, 0.3) is 0 Å². The quantitative estimate of drug-likeness (QED) is 0.0972. The average molecular weight is 541 g/mol. The van der Waals surface area contributed by atoms with Gasteiger partial charge in [0.2, 0.25) is 0 Å². The SMILES string of the molecule is CCCCCCCCCCCCOC(=O)c1ccc[n+](CCCCCCCCCCCC)c1.[Br-]. The maximum absolute atomic E-state index is 12.4. The maximum atomic E-state index is 12.4. The summed E-state index contributed by atoms with van der Waals surface area (Å²) in [6.07, 6.45) is 30.4. The zero-order valence-electron chi connectivity index (χ0n) is 22.5. The first kappa shape index (κ1) is 33.1. The molecule has 0 bridgehead atoms. The van der Waals surface area contributed by atoms with Gasteiger partial charge in [-0.25, -0.2) is 9.36 Å². The van der Waals surface area contributed by atoms with E-state index in [9.17, 15) is 4.79 Å². The molecule has 0 aliphatic carbocycles. The van der Waals surface area contributed by atoms with E-state index in [1.165, 1.54) is 116 Å². The molecule has 0 spiro atoms. The second-order valence-corrected chi connectivity index (χ2v) is 9.83. The number of ether oxygens (including phenoxy) is 1. The molecule has 0 fully saturated rings. The van der Waals surface area contributed by atoms with Crippen LogP contribution in [0.2, 0.25) is 0 Å². The van der Waals surface area contributed by atoms with Crippen molar-refractivity contribution in [2.75, 3.05) is 6.61 Å². The Bertz CT molecular complexity index is 579. The third-order valence-corrected chi connectivity index (χ3v) is 6.59. The molecule has 0 radical (unpaired) electrons. The Morgan fingerprint density at radius 3 is 1.62 bits per heavy atom. The van der Waals surface area contributed by atoms with Crippen LogP contribution in [0.4, 0.5) is 0 Å². The van der Waals surface area contributed by atoms with Gasteiger partial charge in [0.05, 0.1) is 6.61 Å². The fourth-order valence-corrected chi connectivity index (χ4v) is 4.40. The topological polar surface area (TPSA) is 30.2 Å². The number of nitrogens with zero attached hydrogens (tertiary/aromatic N) is 1. The van der Waals surface area contributed by atoms with Crippen molar-refractivity contribution in [3.05, 3.63) is 30.1 Å². The number of esters is 1. The summed E-state index contributed by atoms with van der Waals surface area (Å²) in [5.74, 6) is -0.177. The number of hydrogen-bond donors (Lipinski definition) is 0. The third kappa shape index (κ3) is 19.4. The van der Waals surface area contributed by atoms with Crippen molar-refractivity contribution in [3.8, 4) is 0 Å². The second-order valence-electron chi connectivity index (χ2n) is 9.83. The summed E-state index contributed by atoms with van der Waals surface area (Å²) in [4.78, 5) is 12.4. The number of aryl methyl sites for hydroxylation is 1. The molecular formula is C30H54BrNO2.